The van der Waals surface area contributed by atoms with E-state index >= 15 is 0 Å². The van der Waals surface area contributed by atoms with Crippen LogP contribution in [0.4, 0.5) is 0 Å². The van der Waals surface area contributed by atoms with Gasteiger partial charge in [-0.1, -0.05) is 109 Å². The third-order valence-corrected chi connectivity index (χ3v) is 8.33. The van der Waals surface area contributed by atoms with Crippen LogP contribution in [-0.2, 0) is 12.8 Å². The largest absolute Gasteiger partial charge is 0.289 e. The van der Waals surface area contributed by atoms with Gasteiger partial charge in [0.25, 0.3) is 0 Å². The Hall–Kier alpha value is -4.82. The molecule has 2 heteroatoms. The summed E-state index contributed by atoms with van der Waals surface area (Å²) >= 11 is 0. The van der Waals surface area contributed by atoms with Crippen LogP contribution in [0.15, 0.2) is 109 Å². The van der Waals surface area contributed by atoms with Crippen LogP contribution in [0.25, 0.3) is 32.7 Å². The quantitative estimate of drug-likeness (QED) is 0.236. The van der Waals surface area contributed by atoms with E-state index in [4.69, 9.17) is 0 Å². The number of benzene rings is 6. The third-order valence-electron chi connectivity index (χ3n) is 8.33. The topological polar surface area (TPSA) is 34.1 Å². The van der Waals surface area contributed by atoms with Gasteiger partial charge in [0.15, 0.2) is 11.6 Å². The Morgan fingerprint density at radius 1 is 0.342 bits per heavy atom. The van der Waals surface area contributed by atoms with Crippen LogP contribution in [0.1, 0.15) is 54.1 Å². The molecule has 0 heterocycles. The summed E-state index contributed by atoms with van der Waals surface area (Å²) in [5.74, 6) is 0.196. The van der Waals surface area contributed by atoms with E-state index in [9.17, 15) is 9.59 Å². The molecule has 0 spiro atoms. The fourth-order valence-corrected chi connectivity index (χ4v) is 6.58. The van der Waals surface area contributed by atoms with E-state index in [1.54, 1.807) is 0 Å². The summed E-state index contributed by atoms with van der Waals surface area (Å²) in [5.41, 5.74) is 9.71. The highest BCUT2D eigenvalue weighted by Crippen LogP contribution is 2.41. The number of carbonyl (C=O) groups excluding carboxylic acids is 2. The fourth-order valence-electron chi connectivity index (χ4n) is 6.58. The predicted molar refractivity (Wildman–Crippen MR) is 152 cm³/mol. The van der Waals surface area contributed by atoms with Crippen molar-refractivity contribution in [2.75, 3.05) is 0 Å². The summed E-state index contributed by atoms with van der Waals surface area (Å²) in [4.78, 5) is 27.3. The Balaban J connectivity index is 1.35. The lowest BCUT2D eigenvalue weighted by Crippen LogP contribution is -2.15. The minimum Gasteiger partial charge on any atom is -0.289 e. The number of fused-ring (bicyclic) bond motifs is 8. The predicted octanol–water partition coefficient (Wildman–Crippen LogP) is 7.93. The Kier molecular flexibility index (Phi) is 4.39. The summed E-state index contributed by atoms with van der Waals surface area (Å²) in [5, 5.41) is 4.08. The molecule has 6 aromatic carbocycles. The lowest BCUT2D eigenvalue weighted by atomic mass is 9.80. The second-order valence-corrected chi connectivity index (χ2v) is 10.3. The van der Waals surface area contributed by atoms with Crippen LogP contribution in [0.2, 0.25) is 0 Å². The monoisotopic (exact) mass is 486 g/mol. The first-order valence-corrected chi connectivity index (χ1v) is 13.0. The van der Waals surface area contributed by atoms with Crippen molar-refractivity contribution in [2.45, 2.75) is 12.8 Å². The molecule has 0 amide bonds. The van der Waals surface area contributed by atoms with Crippen LogP contribution in [-0.4, -0.2) is 11.6 Å². The van der Waals surface area contributed by atoms with Crippen molar-refractivity contribution in [1.29, 1.82) is 0 Å². The maximum Gasteiger partial charge on any atom is 0.194 e. The summed E-state index contributed by atoms with van der Waals surface area (Å²) in [6, 6.07) is 36.9. The van der Waals surface area contributed by atoms with Gasteiger partial charge in [-0.15, -0.1) is 0 Å². The summed E-state index contributed by atoms with van der Waals surface area (Å²) in [6.07, 6.45) is 1.53. The Labute approximate surface area is 220 Å². The molecule has 0 radical (unpaired) electrons. The molecule has 0 aliphatic heterocycles. The van der Waals surface area contributed by atoms with Gasteiger partial charge < -0.3 is 0 Å². The minimum absolute atomic E-state index is 0.0980. The van der Waals surface area contributed by atoms with Gasteiger partial charge in [-0.25, -0.2) is 0 Å². The molecule has 6 aromatic rings. The van der Waals surface area contributed by atoms with E-state index in [-0.39, 0.29) is 11.6 Å². The van der Waals surface area contributed by atoms with E-state index < -0.39 is 0 Å². The highest BCUT2D eigenvalue weighted by molar-refractivity contribution is 6.23. The van der Waals surface area contributed by atoms with Gasteiger partial charge in [-0.05, 0) is 67.8 Å². The van der Waals surface area contributed by atoms with Gasteiger partial charge in [0, 0.05) is 22.3 Å². The van der Waals surface area contributed by atoms with Gasteiger partial charge in [0.2, 0.25) is 0 Å². The molecule has 0 saturated carbocycles. The molecule has 0 saturated heterocycles. The van der Waals surface area contributed by atoms with Gasteiger partial charge in [-0.2, -0.15) is 0 Å². The van der Waals surface area contributed by atoms with Crippen molar-refractivity contribution in [2.24, 2.45) is 0 Å². The van der Waals surface area contributed by atoms with Gasteiger partial charge in [-0.3, -0.25) is 9.59 Å². The van der Waals surface area contributed by atoms with Crippen LogP contribution in [0.3, 0.4) is 0 Å². The molecule has 2 aliphatic carbocycles. The maximum absolute atomic E-state index is 13.6. The molecule has 2 aliphatic rings. The summed E-state index contributed by atoms with van der Waals surface area (Å²) < 4.78 is 0. The van der Waals surface area contributed by atoms with Gasteiger partial charge in [0.05, 0.1) is 0 Å². The second-order valence-electron chi connectivity index (χ2n) is 10.3. The second kappa shape index (κ2) is 7.84. The zero-order valence-corrected chi connectivity index (χ0v) is 20.6. The van der Waals surface area contributed by atoms with Crippen molar-refractivity contribution in [3.8, 4) is 11.1 Å². The SMILES string of the molecule is O=C1c2ccccc2Cc2ccc3c(-c4cccc5c6c(ccc45)Cc4ccccc4C6=O)cccc3c21. The van der Waals surface area contributed by atoms with Gasteiger partial charge >= 0.3 is 0 Å². The number of rotatable bonds is 1. The average Bonchev–Trinajstić information content (AvgIpc) is 2.96. The molecule has 38 heavy (non-hydrogen) atoms. The standard InChI is InChI=1S/C36H22O2/c37-35-25-9-3-1-7-21(25)19-23-15-17-29-27(11-5-13-31(29)33(23)35)28-12-6-14-32-30(28)18-16-24-20-22-8-2-4-10-26(22)36(38)34(24)32/h1-18H,19-20H2. The lowest BCUT2D eigenvalue weighted by Gasteiger charge is -2.22. The molecule has 8 rings (SSSR count). The van der Waals surface area contributed by atoms with E-state index in [0.29, 0.717) is 0 Å². The van der Waals surface area contributed by atoms with Crippen LogP contribution in [0.5, 0.6) is 0 Å². The normalized spacial score (nSPS) is 13.7. The van der Waals surface area contributed by atoms with Crippen LogP contribution in [0, 0.1) is 0 Å². The van der Waals surface area contributed by atoms with Crippen molar-refractivity contribution in [1.82, 2.24) is 0 Å². The van der Waals surface area contributed by atoms with Crippen molar-refractivity contribution in [3.05, 3.63) is 154 Å². The van der Waals surface area contributed by atoms with E-state index in [1.165, 1.54) is 0 Å². The van der Waals surface area contributed by atoms with Crippen LogP contribution < -0.4 is 0 Å². The minimum atomic E-state index is 0.0980. The first-order valence-electron chi connectivity index (χ1n) is 13.0. The molecular formula is C36H22O2. The zero-order valence-electron chi connectivity index (χ0n) is 20.6. The van der Waals surface area contributed by atoms with Crippen molar-refractivity contribution in [3.63, 3.8) is 0 Å². The molecule has 0 aromatic heterocycles. The Bertz CT molecular complexity index is 1860. The maximum atomic E-state index is 13.6. The Morgan fingerprint density at radius 2 is 0.763 bits per heavy atom. The molecule has 178 valence electrons. The molecule has 0 N–H and O–H groups in total. The van der Waals surface area contributed by atoms with E-state index in [0.717, 1.165) is 90.0 Å². The zero-order chi connectivity index (χ0) is 25.4. The van der Waals surface area contributed by atoms with Crippen molar-refractivity contribution < 1.29 is 9.59 Å². The molecular weight excluding hydrogens is 464 g/mol. The molecule has 0 atom stereocenters. The molecule has 0 bridgehead atoms. The fraction of sp³-hybridized carbons (Fsp3) is 0.0556. The first-order chi connectivity index (χ1) is 18.7. The smallest absolute Gasteiger partial charge is 0.194 e. The highest BCUT2D eigenvalue weighted by atomic mass is 16.1. The van der Waals surface area contributed by atoms with Crippen molar-refractivity contribution >= 4 is 33.1 Å². The lowest BCUT2D eigenvalue weighted by molar-refractivity contribution is 0.102. The number of hydrogen-bond donors (Lipinski definition) is 0. The average molecular weight is 487 g/mol. The number of hydrogen-bond acceptors (Lipinski definition) is 2. The summed E-state index contributed by atoms with van der Waals surface area (Å²) in [6.45, 7) is 0. The Morgan fingerprint density at radius 3 is 1.24 bits per heavy atom. The summed E-state index contributed by atoms with van der Waals surface area (Å²) in [7, 11) is 0. The van der Waals surface area contributed by atoms with E-state index in [2.05, 4.69) is 48.5 Å². The van der Waals surface area contributed by atoms with Gasteiger partial charge in [0.1, 0.15) is 0 Å². The molecule has 2 nitrogen and oxygen atoms in total. The highest BCUT2D eigenvalue weighted by Gasteiger charge is 2.27. The first kappa shape index (κ1) is 21.3. The molecule has 0 unspecified atom stereocenters. The number of ketones is 2. The van der Waals surface area contributed by atoms with E-state index in [1.807, 2.05) is 60.7 Å². The molecule has 0 fully saturated rings. The van der Waals surface area contributed by atoms with Crippen LogP contribution >= 0.6 is 0 Å². The third kappa shape index (κ3) is 2.89. The number of carbonyl (C=O) groups is 2.